The maximum Gasteiger partial charge on any atom is 0.250 e. The van der Waals surface area contributed by atoms with Crippen molar-refractivity contribution in [3.63, 3.8) is 0 Å². The van der Waals surface area contributed by atoms with E-state index in [-0.39, 0.29) is 0 Å². The van der Waals surface area contributed by atoms with E-state index in [0.717, 1.165) is 13.1 Å². The second-order valence-electron chi connectivity index (χ2n) is 5.40. The molecule has 0 radical (unpaired) electrons. The number of morpholine rings is 1. The maximum atomic E-state index is 11.5. The molecule has 1 aromatic carbocycles. The average Bonchev–Trinajstić information content (AvgIpc) is 2.80. The average molecular weight is 290 g/mol. The van der Waals surface area contributed by atoms with Crippen LogP contribution >= 0.6 is 11.3 Å². The molecule has 2 aromatic rings. The third-order valence-electron chi connectivity index (χ3n) is 3.73. The molecule has 1 aliphatic rings. The van der Waals surface area contributed by atoms with Crippen molar-refractivity contribution in [2.75, 3.05) is 19.7 Å². The summed E-state index contributed by atoms with van der Waals surface area (Å²) in [5, 5.41) is 1.28. The van der Waals surface area contributed by atoms with Crippen LogP contribution in [0.25, 0.3) is 10.1 Å². The summed E-state index contributed by atoms with van der Waals surface area (Å²) in [5.74, 6) is -0.390. The summed E-state index contributed by atoms with van der Waals surface area (Å²) in [6.45, 7) is 4.54. The van der Waals surface area contributed by atoms with Crippen molar-refractivity contribution in [1.29, 1.82) is 0 Å². The van der Waals surface area contributed by atoms with Gasteiger partial charge >= 0.3 is 0 Å². The van der Waals surface area contributed by atoms with Gasteiger partial charge in [0.05, 0.1) is 6.61 Å². The molecule has 2 N–H and O–H groups in total. The molecule has 106 valence electrons. The summed E-state index contributed by atoms with van der Waals surface area (Å²) in [6, 6.07) is 10.6. The van der Waals surface area contributed by atoms with Crippen LogP contribution in [0.1, 0.15) is 11.8 Å². The molecule has 3 rings (SSSR count). The molecular weight excluding hydrogens is 272 g/mol. The van der Waals surface area contributed by atoms with Gasteiger partial charge in [0.25, 0.3) is 5.91 Å². The fraction of sp³-hybridized carbons (Fsp3) is 0.400. The van der Waals surface area contributed by atoms with Crippen LogP contribution in [-0.2, 0) is 16.1 Å². The van der Waals surface area contributed by atoms with Crippen LogP contribution < -0.4 is 5.73 Å². The van der Waals surface area contributed by atoms with Gasteiger partial charge in [0, 0.05) is 29.2 Å². The van der Waals surface area contributed by atoms with Gasteiger partial charge in [0.1, 0.15) is 0 Å². The Morgan fingerprint density at radius 1 is 1.50 bits per heavy atom. The molecular formula is C15H18N2O2S. The van der Waals surface area contributed by atoms with Gasteiger partial charge in [-0.2, -0.15) is 0 Å². The second kappa shape index (κ2) is 5.16. The van der Waals surface area contributed by atoms with Gasteiger partial charge in [-0.25, -0.2) is 0 Å². The number of benzene rings is 1. The number of rotatable bonds is 3. The van der Waals surface area contributed by atoms with E-state index >= 15 is 0 Å². The fourth-order valence-electron chi connectivity index (χ4n) is 2.57. The monoisotopic (exact) mass is 290 g/mol. The molecule has 0 saturated carbocycles. The van der Waals surface area contributed by atoms with Crippen LogP contribution in [0.2, 0.25) is 0 Å². The van der Waals surface area contributed by atoms with Crippen LogP contribution in [-0.4, -0.2) is 36.1 Å². The van der Waals surface area contributed by atoms with Gasteiger partial charge in [-0.05, 0) is 24.4 Å². The topological polar surface area (TPSA) is 55.6 Å². The molecule has 1 atom stereocenters. The predicted octanol–water partition coefficient (Wildman–Crippen LogP) is 1.98. The van der Waals surface area contributed by atoms with E-state index in [1.165, 1.54) is 15.0 Å². The van der Waals surface area contributed by atoms with E-state index in [1.807, 2.05) is 0 Å². The Kier molecular flexibility index (Phi) is 3.50. The van der Waals surface area contributed by atoms with Crippen molar-refractivity contribution < 1.29 is 9.53 Å². The summed E-state index contributed by atoms with van der Waals surface area (Å²) in [6.07, 6.45) is 0. The molecule has 5 heteroatoms. The Bertz CT molecular complexity index is 607. The number of carbonyl (C=O) groups excluding carboxylic acids is 1. The molecule has 20 heavy (non-hydrogen) atoms. The molecule has 1 aromatic heterocycles. The second-order valence-corrected chi connectivity index (χ2v) is 6.57. The number of hydrogen-bond donors (Lipinski definition) is 1. The number of ether oxygens (including phenoxy) is 1. The summed E-state index contributed by atoms with van der Waals surface area (Å²) in [7, 11) is 0. The Hall–Kier alpha value is -1.43. The van der Waals surface area contributed by atoms with Gasteiger partial charge in [-0.3, -0.25) is 9.69 Å². The highest BCUT2D eigenvalue weighted by Gasteiger charge is 2.37. The van der Waals surface area contributed by atoms with Crippen molar-refractivity contribution >= 4 is 27.3 Å². The largest absolute Gasteiger partial charge is 0.367 e. The highest BCUT2D eigenvalue weighted by molar-refractivity contribution is 7.19. The van der Waals surface area contributed by atoms with Crippen molar-refractivity contribution in [1.82, 2.24) is 4.90 Å². The highest BCUT2D eigenvalue weighted by atomic mass is 32.1. The van der Waals surface area contributed by atoms with Gasteiger partial charge in [0.15, 0.2) is 5.60 Å². The molecule has 1 fully saturated rings. The van der Waals surface area contributed by atoms with Crippen molar-refractivity contribution in [3.05, 3.63) is 35.2 Å². The van der Waals surface area contributed by atoms with Crippen LogP contribution in [0.5, 0.6) is 0 Å². The Balaban J connectivity index is 1.75. The number of nitrogens with zero attached hydrogens (tertiary/aromatic N) is 1. The lowest BCUT2D eigenvalue weighted by atomic mass is 10.0. The molecule has 0 unspecified atom stereocenters. The van der Waals surface area contributed by atoms with E-state index in [0.29, 0.717) is 13.2 Å². The molecule has 1 aliphatic heterocycles. The quantitative estimate of drug-likeness (QED) is 0.940. The highest BCUT2D eigenvalue weighted by Crippen LogP contribution is 2.27. The lowest BCUT2D eigenvalue weighted by Crippen LogP contribution is -2.56. The summed E-state index contributed by atoms with van der Waals surface area (Å²) >= 11 is 1.80. The smallest absolute Gasteiger partial charge is 0.250 e. The third kappa shape index (κ3) is 2.57. The Labute approximate surface area is 122 Å². The third-order valence-corrected chi connectivity index (χ3v) is 4.83. The van der Waals surface area contributed by atoms with Gasteiger partial charge in [-0.1, -0.05) is 18.2 Å². The normalized spacial score (nSPS) is 24.1. The van der Waals surface area contributed by atoms with Crippen LogP contribution in [0.3, 0.4) is 0 Å². The minimum atomic E-state index is -0.866. The minimum absolute atomic E-state index is 0.390. The van der Waals surface area contributed by atoms with E-state index in [1.54, 1.807) is 18.3 Å². The number of nitrogens with two attached hydrogens (primary N) is 1. The van der Waals surface area contributed by atoms with Gasteiger partial charge in [0.2, 0.25) is 0 Å². The lowest BCUT2D eigenvalue weighted by Gasteiger charge is -2.38. The van der Waals surface area contributed by atoms with E-state index < -0.39 is 11.5 Å². The number of hydrogen-bond acceptors (Lipinski definition) is 4. The Morgan fingerprint density at radius 3 is 3.05 bits per heavy atom. The van der Waals surface area contributed by atoms with Gasteiger partial charge in [-0.15, -0.1) is 11.3 Å². The summed E-state index contributed by atoms with van der Waals surface area (Å²) < 4.78 is 6.84. The molecule has 0 spiro atoms. The molecule has 4 nitrogen and oxygen atoms in total. The van der Waals surface area contributed by atoms with E-state index in [2.05, 4.69) is 35.2 Å². The number of amides is 1. The Morgan fingerprint density at radius 2 is 2.30 bits per heavy atom. The zero-order valence-electron chi connectivity index (χ0n) is 11.5. The van der Waals surface area contributed by atoms with Crippen molar-refractivity contribution in [2.45, 2.75) is 19.1 Å². The zero-order valence-corrected chi connectivity index (χ0v) is 12.3. The van der Waals surface area contributed by atoms with Gasteiger partial charge < -0.3 is 10.5 Å². The van der Waals surface area contributed by atoms with E-state index in [4.69, 9.17) is 10.5 Å². The number of thiophene rings is 1. The number of carbonyl (C=O) groups is 1. The summed E-state index contributed by atoms with van der Waals surface area (Å²) in [5.41, 5.74) is 4.56. The maximum absolute atomic E-state index is 11.5. The van der Waals surface area contributed by atoms with Crippen LogP contribution in [0.15, 0.2) is 30.3 Å². The SMILES string of the molecule is C[C@@]1(C(N)=O)CN(Cc2cc3ccccc3s2)CCO1. The molecule has 1 saturated heterocycles. The minimum Gasteiger partial charge on any atom is -0.367 e. The van der Waals surface area contributed by atoms with Crippen molar-refractivity contribution in [3.8, 4) is 0 Å². The first kappa shape index (κ1) is 13.5. The zero-order chi connectivity index (χ0) is 14.2. The number of fused-ring (bicyclic) bond motifs is 1. The first-order valence-electron chi connectivity index (χ1n) is 6.70. The molecule has 1 amide bonds. The van der Waals surface area contributed by atoms with Crippen LogP contribution in [0.4, 0.5) is 0 Å². The van der Waals surface area contributed by atoms with Crippen molar-refractivity contribution in [2.24, 2.45) is 5.73 Å². The summed E-state index contributed by atoms with van der Waals surface area (Å²) in [4.78, 5) is 15.0. The molecule has 2 heterocycles. The molecule has 0 bridgehead atoms. The first-order chi connectivity index (χ1) is 9.57. The number of primary amides is 1. The van der Waals surface area contributed by atoms with E-state index in [9.17, 15) is 4.79 Å². The first-order valence-corrected chi connectivity index (χ1v) is 7.52. The molecule has 0 aliphatic carbocycles. The fourth-order valence-corrected chi connectivity index (χ4v) is 3.68. The standard InChI is InChI=1S/C15H18N2O2S/c1-15(14(16)18)10-17(6-7-19-15)9-12-8-11-4-2-3-5-13(11)20-12/h2-5,8H,6-7,9-10H2,1H3,(H2,16,18)/t15-/m0/s1. The predicted molar refractivity (Wildman–Crippen MR) is 80.7 cm³/mol. The lowest BCUT2D eigenvalue weighted by molar-refractivity contribution is -0.153. The van der Waals surface area contributed by atoms with Crippen LogP contribution in [0, 0.1) is 0 Å².